The number of carbonyl (C=O) groups excluding carboxylic acids is 2. The molecule has 0 spiro atoms. The van der Waals surface area contributed by atoms with Gasteiger partial charge >= 0.3 is 0 Å². The first-order valence-corrected chi connectivity index (χ1v) is 9.11. The van der Waals surface area contributed by atoms with Crippen molar-refractivity contribution in [3.8, 4) is 11.5 Å². The number of benzene rings is 2. The third-order valence-electron chi connectivity index (χ3n) is 4.96. The van der Waals surface area contributed by atoms with Crippen LogP contribution in [0.15, 0.2) is 36.4 Å². The number of hydrogen-bond acceptors (Lipinski definition) is 4. The molecule has 2 atom stereocenters. The number of ether oxygens (including phenoxy) is 2. The molecule has 154 valence electrons. The van der Waals surface area contributed by atoms with Crippen LogP contribution in [0.4, 0.5) is 14.5 Å². The number of nitrogens with one attached hydrogen (secondary N) is 1. The first-order chi connectivity index (χ1) is 13.8. The highest BCUT2D eigenvalue weighted by molar-refractivity contribution is 6.00. The van der Waals surface area contributed by atoms with Gasteiger partial charge in [-0.25, -0.2) is 8.78 Å². The Hall–Kier alpha value is -3.16. The van der Waals surface area contributed by atoms with Crippen molar-refractivity contribution in [2.45, 2.75) is 19.4 Å². The molecule has 1 fully saturated rings. The lowest BCUT2D eigenvalue weighted by Gasteiger charge is -2.20. The predicted octanol–water partition coefficient (Wildman–Crippen LogP) is 3.21. The van der Waals surface area contributed by atoms with Crippen LogP contribution in [-0.4, -0.2) is 32.6 Å². The minimum Gasteiger partial charge on any atom is -0.497 e. The van der Waals surface area contributed by atoms with Crippen molar-refractivity contribution in [3.05, 3.63) is 53.6 Å². The summed E-state index contributed by atoms with van der Waals surface area (Å²) in [6, 6.07) is 7.89. The largest absolute Gasteiger partial charge is 0.497 e. The van der Waals surface area contributed by atoms with E-state index in [9.17, 15) is 18.4 Å². The van der Waals surface area contributed by atoms with Crippen molar-refractivity contribution >= 4 is 17.5 Å². The molecule has 0 aliphatic carbocycles. The van der Waals surface area contributed by atoms with Crippen molar-refractivity contribution in [3.63, 3.8) is 0 Å². The summed E-state index contributed by atoms with van der Waals surface area (Å²) < 4.78 is 37.7. The molecule has 3 rings (SSSR count). The fourth-order valence-electron chi connectivity index (χ4n) is 3.40. The summed E-state index contributed by atoms with van der Waals surface area (Å²) >= 11 is 0. The molecule has 1 N–H and O–H groups in total. The molecule has 1 heterocycles. The quantitative estimate of drug-likeness (QED) is 0.803. The number of nitrogens with zero attached hydrogens (tertiary/aromatic N) is 1. The normalized spacial score (nSPS) is 17.2. The van der Waals surface area contributed by atoms with E-state index < -0.39 is 17.6 Å². The van der Waals surface area contributed by atoms with E-state index in [0.717, 1.165) is 11.6 Å². The van der Waals surface area contributed by atoms with E-state index in [2.05, 4.69) is 5.32 Å². The number of halogens is 2. The third-order valence-corrected chi connectivity index (χ3v) is 4.96. The molecule has 29 heavy (non-hydrogen) atoms. The highest BCUT2D eigenvalue weighted by Crippen LogP contribution is 2.31. The highest BCUT2D eigenvalue weighted by Gasteiger charge is 2.36. The summed E-state index contributed by atoms with van der Waals surface area (Å²) in [7, 11) is 3.07. The van der Waals surface area contributed by atoms with Crippen molar-refractivity contribution in [2.75, 3.05) is 25.7 Å². The smallest absolute Gasteiger partial charge is 0.227 e. The summed E-state index contributed by atoms with van der Waals surface area (Å²) in [5.41, 5.74) is 0.726. The van der Waals surface area contributed by atoms with Crippen LogP contribution in [-0.2, 0) is 9.59 Å². The summed E-state index contributed by atoms with van der Waals surface area (Å²) in [6.45, 7) is 1.83. The minimum absolute atomic E-state index is 0.0275. The molecule has 0 bridgehead atoms. The van der Waals surface area contributed by atoms with Crippen molar-refractivity contribution in [1.82, 2.24) is 5.32 Å². The van der Waals surface area contributed by atoms with E-state index in [1.165, 1.54) is 18.1 Å². The Bertz CT molecular complexity index is 935. The first kappa shape index (κ1) is 20.6. The highest BCUT2D eigenvalue weighted by atomic mass is 19.1. The Morgan fingerprint density at radius 3 is 2.59 bits per heavy atom. The SMILES string of the molecule is COc1ccc(C(C)NC(=O)C2CC(=O)N(c3ccc(F)cc3F)C2)c(OC)c1. The first-order valence-electron chi connectivity index (χ1n) is 9.11. The van der Waals surface area contributed by atoms with Crippen LogP contribution in [0.3, 0.4) is 0 Å². The fourth-order valence-corrected chi connectivity index (χ4v) is 3.40. The number of anilines is 1. The summed E-state index contributed by atoms with van der Waals surface area (Å²) in [6.07, 6.45) is -0.0465. The van der Waals surface area contributed by atoms with Crippen molar-refractivity contribution in [1.29, 1.82) is 0 Å². The Labute approximate surface area is 167 Å². The second-order valence-electron chi connectivity index (χ2n) is 6.84. The molecule has 2 aromatic rings. The second kappa shape index (κ2) is 8.46. The lowest BCUT2D eigenvalue weighted by molar-refractivity contribution is -0.126. The van der Waals surface area contributed by atoms with Crippen LogP contribution in [0.2, 0.25) is 0 Å². The molecule has 1 saturated heterocycles. The monoisotopic (exact) mass is 404 g/mol. The Morgan fingerprint density at radius 2 is 1.93 bits per heavy atom. The maximum absolute atomic E-state index is 14.0. The topological polar surface area (TPSA) is 67.9 Å². The van der Waals surface area contributed by atoms with Gasteiger partial charge in [0.2, 0.25) is 11.8 Å². The number of rotatable bonds is 6. The molecule has 0 radical (unpaired) electrons. The lowest BCUT2D eigenvalue weighted by atomic mass is 10.0. The number of carbonyl (C=O) groups is 2. The van der Waals surface area contributed by atoms with Crippen molar-refractivity contribution in [2.24, 2.45) is 5.92 Å². The fraction of sp³-hybridized carbons (Fsp3) is 0.333. The molecule has 2 unspecified atom stereocenters. The van der Waals surface area contributed by atoms with Gasteiger partial charge in [-0.3, -0.25) is 9.59 Å². The summed E-state index contributed by atoms with van der Waals surface area (Å²) in [5.74, 6) is -1.72. The number of hydrogen-bond donors (Lipinski definition) is 1. The molecular formula is C21H22F2N2O4. The standard InChI is InChI=1S/C21H22F2N2O4/c1-12(16-6-5-15(28-2)10-19(16)29-3)24-21(27)13-8-20(26)25(11-13)18-7-4-14(22)9-17(18)23/h4-7,9-10,12-13H,8,11H2,1-3H3,(H,24,27). The molecule has 6 nitrogen and oxygen atoms in total. The molecule has 2 aromatic carbocycles. The molecule has 1 aliphatic rings. The van der Waals surface area contributed by atoms with Gasteiger partial charge in [0, 0.05) is 30.7 Å². The van der Waals surface area contributed by atoms with E-state index >= 15 is 0 Å². The Morgan fingerprint density at radius 1 is 1.17 bits per heavy atom. The van der Waals surface area contributed by atoms with Gasteiger partial charge in [-0.2, -0.15) is 0 Å². The average Bonchev–Trinajstić information content (AvgIpc) is 3.09. The van der Waals surface area contributed by atoms with E-state index in [1.807, 2.05) is 0 Å². The van der Waals surface area contributed by atoms with Crippen LogP contribution in [0, 0.1) is 17.6 Å². The van der Waals surface area contributed by atoms with E-state index in [1.54, 1.807) is 32.2 Å². The summed E-state index contributed by atoms with van der Waals surface area (Å²) in [5, 5.41) is 2.87. The van der Waals surface area contributed by atoms with Crippen LogP contribution in [0.25, 0.3) is 0 Å². The van der Waals surface area contributed by atoms with Crippen LogP contribution < -0.4 is 19.7 Å². The van der Waals surface area contributed by atoms with Gasteiger partial charge in [-0.15, -0.1) is 0 Å². The van der Waals surface area contributed by atoms with E-state index in [4.69, 9.17) is 9.47 Å². The van der Waals surface area contributed by atoms with Crippen LogP contribution in [0.5, 0.6) is 11.5 Å². The number of amides is 2. The van der Waals surface area contributed by atoms with Gasteiger partial charge in [0.15, 0.2) is 0 Å². The van der Waals surface area contributed by atoms with E-state index in [0.29, 0.717) is 17.6 Å². The third kappa shape index (κ3) is 4.31. The molecule has 2 amide bonds. The van der Waals surface area contributed by atoms with Crippen molar-refractivity contribution < 1.29 is 27.8 Å². The zero-order valence-electron chi connectivity index (χ0n) is 16.4. The molecule has 1 aliphatic heterocycles. The lowest BCUT2D eigenvalue weighted by Crippen LogP contribution is -2.34. The molecular weight excluding hydrogens is 382 g/mol. The number of methoxy groups -OCH3 is 2. The predicted molar refractivity (Wildman–Crippen MR) is 103 cm³/mol. The van der Waals surface area contributed by atoms with Gasteiger partial charge < -0.3 is 19.7 Å². The Balaban J connectivity index is 1.71. The van der Waals surface area contributed by atoms with Gasteiger partial charge in [0.25, 0.3) is 0 Å². The van der Waals surface area contributed by atoms with Crippen LogP contribution >= 0.6 is 0 Å². The molecule has 8 heteroatoms. The zero-order chi connectivity index (χ0) is 21.1. The zero-order valence-corrected chi connectivity index (χ0v) is 16.4. The summed E-state index contributed by atoms with van der Waals surface area (Å²) in [4.78, 5) is 26.2. The van der Waals surface area contributed by atoms with Gasteiger partial charge in [0.1, 0.15) is 23.1 Å². The average molecular weight is 404 g/mol. The van der Waals surface area contributed by atoms with Crippen LogP contribution in [0.1, 0.15) is 24.9 Å². The molecule has 0 saturated carbocycles. The molecule has 0 aromatic heterocycles. The van der Waals surface area contributed by atoms with Gasteiger partial charge in [0.05, 0.1) is 31.9 Å². The van der Waals surface area contributed by atoms with Gasteiger partial charge in [-0.05, 0) is 31.2 Å². The maximum Gasteiger partial charge on any atom is 0.227 e. The minimum atomic E-state index is -0.837. The second-order valence-corrected chi connectivity index (χ2v) is 6.84. The van der Waals surface area contributed by atoms with Gasteiger partial charge in [-0.1, -0.05) is 0 Å². The Kier molecular flexibility index (Phi) is 6.00. The van der Waals surface area contributed by atoms with E-state index in [-0.39, 0.29) is 36.5 Å². The maximum atomic E-state index is 14.0.